The van der Waals surface area contributed by atoms with Gasteiger partial charge in [-0.1, -0.05) is 12.1 Å². The second kappa shape index (κ2) is 6.84. The quantitative estimate of drug-likeness (QED) is 0.919. The molecular formula is C17H20FN3O2S. The van der Waals surface area contributed by atoms with Gasteiger partial charge < -0.3 is 5.32 Å². The number of benzene rings is 1. The first kappa shape index (κ1) is 16.8. The van der Waals surface area contributed by atoms with E-state index in [2.05, 4.69) is 15.5 Å². The van der Waals surface area contributed by atoms with Crippen LogP contribution >= 0.6 is 0 Å². The van der Waals surface area contributed by atoms with Gasteiger partial charge in [0.2, 0.25) is 0 Å². The minimum absolute atomic E-state index is 0.104. The minimum Gasteiger partial charge on any atom is -0.368 e. The number of aryl methyl sites for hydroxylation is 1. The second-order valence-corrected chi connectivity index (χ2v) is 8.50. The molecule has 1 fully saturated rings. The molecule has 1 N–H and O–H groups in total. The summed E-state index contributed by atoms with van der Waals surface area (Å²) in [6.07, 6.45) is 1.62. The van der Waals surface area contributed by atoms with Gasteiger partial charge in [0.25, 0.3) is 0 Å². The van der Waals surface area contributed by atoms with Gasteiger partial charge in [0, 0.05) is 12.1 Å². The van der Waals surface area contributed by atoms with E-state index < -0.39 is 9.84 Å². The van der Waals surface area contributed by atoms with Crippen molar-refractivity contribution in [2.45, 2.75) is 19.8 Å². The molecule has 1 aromatic heterocycles. The molecule has 1 aliphatic heterocycles. The highest BCUT2D eigenvalue weighted by Crippen LogP contribution is 2.22. The molecule has 0 bridgehead atoms. The highest BCUT2D eigenvalue weighted by atomic mass is 32.2. The van der Waals surface area contributed by atoms with Crippen LogP contribution in [-0.4, -0.2) is 36.7 Å². The van der Waals surface area contributed by atoms with Crippen molar-refractivity contribution in [2.24, 2.45) is 5.92 Å². The maximum absolute atomic E-state index is 13.3. The standard InChI is InChI=1S/C17H20FN3O2S/c1-12-8-16(14-5-2-6-15(18)9-14)20-21-17(12)19-10-13-4-3-7-24(22,23)11-13/h2,5-6,8-9,13H,3-4,7,10-11H2,1H3,(H,19,21). The number of rotatable bonds is 4. The van der Waals surface area contributed by atoms with E-state index in [9.17, 15) is 12.8 Å². The summed E-state index contributed by atoms with van der Waals surface area (Å²) in [7, 11) is -2.90. The summed E-state index contributed by atoms with van der Waals surface area (Å²) in [6.45, 7) is 2.46. The fourth-order valence-electron chi connectivity index (χ4n) is 2.97. The van der Waals surface area contributed by atoms with Crippen LogP contribution in [0.4, 0.5) is 10.2 Å². The maximum Gasteiger partial charge on any atom is 0.151 e. The Labute approximate surface area is 141 Å². The van der Waals surface area contributed by atoms with Crippen molar-refractivity contribution in [3.8, 4) is 11.3 Å². The summed E-state index contributed by atoms with van der Waals surface area (Å²) in [5.74, 6) is 0.956. The van der Waals surface area contributed by atoms with Gasteiger partial charge in [0.1, 0.15) is 5.82 Å². The van der Waals surface area contributed by atoms with Crippen LogP contribution in [0, 0.1) is 18.7 Å². The van der Waals surface area contributed by atoms with E-state index in [1.807, 2.05) is 13.0 Å². The van der Waals surface area contributed by atoms with E-state index in [1.54, 1.807) is 12.1 Å². The number of hydrogen-bond acceptors (Lipinski definition) is 5. The van der Waals surface area contributed by atoms with Gasteiger partial charge in [-0.25, -0.2) is 12.8 Å². The topological polar surface area (TPSA) is 72.0 Å². The van der Waals surface area contributed by atoms with Crippen molar-refractivity contribution in [3.05, 3.63) is 41.7 Å². The van der Waals surface area contributed by atoms with Gasteiger partial charge in [0.05, 0.1) is 17.2 Å². The van der Waals surface area contributed by atoms with Gasteiger partial charge in [-0.3, -0.25) is 0 Å². The fraction of sp³-hybridized carbons (Fsp3) is 0.412. The molecule has 0 radical (unpaired) electrons. The van der Waals surface area contributed by atoms with Crippen LogP contribution in [0.25, 0.3) is 11.3 Å². The summed E-state index contributed by atoms with van der Waals surface area (Å²) in [5.41, 5.74) is 2.18. The molecule has 5 nitrogen and oxygen atoms in total. The molecule has 128 valence electrons. The molecule has 0 amide bonds. The van der Waals surface area contributed by atoms with Crippen molar-refractivity contribution < 1.29 is 12.8 Å². The Hall–Kier alpha value is -2.02. The van der Waals surface area contributed by atoms with Crippen LogP contribution in [0.1, 0.15) is 18.4 Å². The number of anilines is 1. The first-order valence-corrected chi connectivity index (χ1v) is 9.80. The lowest BCUT2D eigenvalue weighted by Crippen LogP contribution is -2.30. The van der Waals surface area contributed by atoms with Crippen molar-refractivity contribution in [1.82, 2.24) is 10.2 Å². The van der Waals surface area contributed by atoms with E-state index >= 15 is 0 Å². The van der Waals surface area contributed by atoms with Gasteiger partial charge in [-0.2, -0.15) is 0 Å². The average Bonchev–Trinajstić information content (AvgIpc) is 2.53. The third kappa shape index (κ3) is 4.08. The Morgan fingerprint density at radius 3 is 2.83 bits per heavy atom. The first-order valence-electron chi connectivity index (χ1n) is 7.97. The Morgan fingerprint density at radius 1 is 1.29 bits per heavy atom. The normalized spacial score (nSPS) is 19.8. The summed E-state index contributed by atoms with van der Waals surface area (Å²) < 4.78 is 36.7. The average molecular weight is 349 g/mol. The summed E-state index contributed by atoms with van der Waals surface area (Å²) >= 11 is 0. The van der Waals surface area contributed by atoms with Crippen LogP contribution in [0.2, 0.25) is 0 Å². The molecule has 1 saturated heterocycles. The Kier molecular flexibility index (Phi) is 4.80. The van der Waals surface area contributed by atoms with E-state index in [0.717, 1.165) is 18.4 Å². The van der Waals surface area contributed by atoms with Gasteiger partial charge in [0.15, 0.2) is 15.7 Å². The largest absolute Gasteiger partial charge is 0.368 e. The molecule has 0 saturated carbocycles. The number of hydrogen-bond donors (Lipinski definition) is 1. The molecule has 7 heteroatoms. The predicted molar refractivity (Wildman–Crippen MR) is 92.0 cm³/mol. The zero-order valence-corrected chi connectivity index (χ0v) is 14.3. The predicted octanol–water partition coefficient (Wildman–Crippen LogP) is 2.83. The van der Waals surface area contributed by atoms with Gasteiger partial charge in [-0.05, 0) is 49.4 Å². The Bertz CT molecular complexity index is 839. The smallest absolute Gasteiger partial charge is 0.151 e. The van der Waals surface area contributed by atoms with E-state index in [4.69, 9.17) is 0 Å². The lowest BCUT2D eigenvalue weighted by molar-refractivity contribution is 0.501. The van der Waals surface area contributed by atoms with Crippen LogP contribution in [0.5, 0.6) is 0 Å². The molecule has 3 rings (SSSR count). The summed E-state index contributed by atoms with van der Waals surface area (Å²) in [6, 6.07) is 8.08. The lowest BCUT2D eigenvalue weighted by atomic mass is 10.1. The minimum atomic E-state index is -2.90. The highest BCUT2D eigenvalue weighted by molar-refractivity contribution is 7.91. The summed E-state index contributed by atoms with van der Waals surface area (Å²) in [5, 5.41) is 11.5. The molecule has 2 heterocycles. The zero-order chi connectivity index (χ0) is 17.2. The SMILES string of the molecule is Cc1cc(-c2cccc(F)c2)nnc1NCC1CCCS(=O)(=O)C1. The van der Waals surface area contributed by atoms with Crippen molar-refractivity contribution in [3.63, 3.8) is 0 Å². The monoisotopic (exact) mass is 349 g/mol. The third-order valence-corrected chi connectivity index (χ3v) is 6.11. The number of sulfone groups is 1. The van der Waals surface area contributed by atoms with Gasteiger partial charge in [-0.15, -0.1) is 10.2 Å². The van der Waals surface area contributed by atoms with Gasteiger partial charge >= 0.3 is 0 Å². The third-order valence-electron chi connectivity index (χ3n) is 4.22. The number of halogens is 1. The van der Waals surface area contributed by atoms with Crippen LogP contribution in [0.3, 0.4) is 0 Å². The Morgan fingerprint density at radius 2 is 2.12 bits per heavy atom. The molecule has 1 aliphatic rings. The molecule has 1 atom stereocenters. The lowest BCUT2D eigenvalue weighted by Gasteiger charge is -2.22. The number of aromatic nitrogens is 2. The number of nitrogens with zero attached hydrogens (tertiary/aromatic N) is 2. The van der Waals surface area contributed by atoms with Crippen molar-refractivity contribution >= 4 is 15.7 Å². The first-order chi connectivity index (χ1) is 11.4. The molecule has 1 aromatic carbocycles. The molecule has 2 aromatic rings. The van der Waals surface area contributed by atoms with Crippen molar-refractivity contribution in [2.75, 3.05) is 23.4 Å². The van der Waals surface area contributed by atoms with Crippen LogP contribution in [-0.2, 0) is 9.84 Å². The molecule has 24 heavy (non-hydrogen) atoms. The fourth-order valence-corrected chi connectivity index (χ4v) is 4.74. The molecule has 1 unspecified atom stereocenters. The number of nitrogens with one attached hydrogen (secondary N) is 1. The zero-order valence-electron chi connectivity index (χ0n) is 13.5. The van der Waals surface area contributed by atoms with Crippen molar-refractivity contribution in [1.29, 1.82) is 0 Å². The maximum atomic E-state index is 13.3. The molecule has 0 spiro atoms. The molecule has 0 aliphatic carbocycles. The van der Waals surface area contributed by atoms with Crippen LogP contribution in [0.15, 0.2) is 30.3 Å². The Balaban J connectivity index is 1.69. The summed E-state index contributed by atoms with van der Waals surface area (Å²) in [4.78, 5) is 0. The van der Waals surface area contributed by atoms with E-state index in [-0.39, 0.29) is 17.5 Å². The van der Waals surface area contributed by atoms with Crippen LogP contribution < -0.4 is 5.32 Å². The highest BCUT2D eigenvalue weighted by Gasteiger charge is 2.24. The second-order valence-electron chi connectivity index (χ2n) is 6.28. The van der Waals surface area contributed by atoms with E-state index in [1.165, 1.54) is 12.1 Å². The van der Waals surface area contributed by atoms with E-state index in [0.29, 0.717) is 29.4 Å². The molecular weight excluding hydrogens is 329 g/mol.